The molecule has 19 heavy (non-hydrogen) atoms. The molecule has 1 aliphatic rings. The van der Waals surface area contributed by atoms with Crippen molar-refractivity contribution in [2.45, 2.75) is 36.9 Å². The molecule has 6 N–H and O–H groups in total. The van der Waals surface area contributed by atoms with Gasteiger partial charge in [-0.3, -0.25) is 4.52 Å². The van der Waals surface area contributed by atoms with Crippen LogP contribution in [0.15, 0.2) is 0 Å². The average molecular weight is 302 g/mol. The number of aliphatic carboxylic acids is 1. The van der Waals surface area contributed by atoms with Gasteiger partial charge < -0.3 is 34.9 Å². The van der Waals surface area contributed by atoms with Gasteiger partial charge in [-0.25, -0.2) is 9.36 Å². The number of carboxylic acid groups (broad SMARTS) is 1. The number of carbonyl (C=O) groups is 1. The van der Waals surface area contributed by atoms with Gasteiger partial charge >= 0.3 is 13.8 Å². The molecular formula is C8H15O10P. The molecule has 0 radical (unpaired) electrons. The van der Waals surface area contributed by atoms with Crippen molar-refractivity contribution in [2.24, 2.45) is 0 Å². The zero-order valence-corrected chi connectivity index (χ0v) is 10.5. The number of phosphoric acid groups is 1. The van der Waals surface area contributed by atoms with Crippen LogP contribution in [-0.2, 0) is 18.6 Å². The third-order valence-corrected chi connectivity index (χ3v) is 3.15. The minimum absolute atomic E-state index is 0.388. The van der Waals surface area contributed by atoms with E-state index in [1.807, 2.05) is 0 Å². The Morgan fingerprint density at radius 2 is 2.00 bits per heavy atom. The number of aliphatic hydroxyl groups excluding tert-OH is 3. The molecule has 11 heteroatoms. The van der Waals surface area contributed by atoms with E-state index in [-0.39, 0.29) is 6.42 Å². The summed E-state index contributed by atoms with van der Waals surface area (Å²) in [6.07, 6.45) is -8.23. The molecule has 0 aliphatic carbocycles. The van der Waals surface area contributed by atoms with Crippen molar-refractivity contribution >= 4 is 13.8 Å². The first-order valence-corrected chi connectivity index (χ1v) is 6.78. The molecule has 0 aromatic heterocycles. The summed E-state index contributed by atoms with van der Waals surface area (Å²) in [6, 6.07) is 0. The Kier molecular flexibility index (Phi) is 5.42. The first-order valence-electron chi connectivity index (χ1n) is 5.25. The second-order valence-electron chi connectivity index (χ2n) is 4.04. The van der Waals surface area contributed by atoms with Crippen molar-refractivity contribution in [1.82, 2.24) is 0 Å². The summed E-state index contributed by atoms with van der Waals surface area (Å²) >= 11 is 0. The van der Waals surface area contributed by atoms with Gasteiger partial charge in [0, 0.05) is 6.42 Å². The van der Waals surface area contributed by atoms with Crippen molar-refractivity contribution in [1.29, 1.82) is 0 Å². The van der Waals surface area contributed by atoms with Gasteiger partial charge in [0.25, 0.3) is 0 Å². The van der Waals surface area contributed by atoms with Crippen LogP contribution in [0, 0.1) is 0 Å². The SMILES string of the molecule is O=C(O)[C@@H]1C[C@@H](O)[C@@H](O)[C@H]([C@H](CO)OP(=O)(O)O)O1. The van der Waals surface area contributed by atoms with E-state index in [0.29, 0.717) is 0 Å². The lowest BCUT2D eigenvalue weighted by Gasteiger charge is -2.38. The average Bonchev–Trinajstić information content (AvgIpc) is 2.28. The van der Waals surface area contributed by atoms with Gasteiger partial charge in [-0.2, -0.15) is 0 Å². The van der Waals surface area contributed by atoms with Gasteiger partial charge in [0.2, 0.25) is 0 Å². The molecule has 1 heterocycles. The Morgan fingerprint density at radius 1 is 1.42 bits per heavy atom. The standard InChI is InChI=1S/C8H15O10P/c9-2-5(18-19(14,15)16)7-6(11)3(10)1-4(17-7)8(12)13/h3-7,9-11H,1-2H2,(H,12,13)(H2,14,15,16)/t3-,4+,5+,6-,7+/m1/s1. The lowest BCUT2D eigenvalue weighted by Crippen LogP contribution is -2.56. The smallest absolute Gasteiger partial charge is 0.470 e. The third-order valence-electron chi connectivity index (χ3n) is 2.60. The quantitative estimate of drug-likeness (QED) is 0.296. The fourth-order valence-corrected chi connectivity index (χ4v) is 2.28. The number of rotatable bonds is 5. The third kappa shape index (κ3) is 4.48. The molecule has 112 valence electrons. The van der Waals surface area contributed by atoms with E-state index in [0.717, 1.165) is 0 Å². The fraction of sp³-hybridized carbons (Fsp3) is 0.875. The maximum absolute atomic E-state index is 10.8. The molecule has 10 nitrogen and oxygen atoms in total. The van der Waals surface area contributed by atoms with E-state index < -0.39 is 50.9 Å². The summed E-state index contributed by atoms with van der Waals surface area (Å²) in [4.78, 5) is 28.1. The van der Waals surface area contributed by atoms with Crippen molar-refractivity contribution in [3.8, 4) is 0 Å². The van der Waals surface area contributed by atoms with Gasteiger partial charge in [0.1, 0.15) is 18.3 Å². The molecule has 0 unspecified atom stereocenters. The molecule has 1 saturated heterocycles. The van der Waals surface area contributed by atoms with Gasteiger partial charge in [0.05, 0.1) is 12.7 Å². The molecule has 0 saturated carbocycles. The summed E-state index contributed by atoms with van der Waals surface area (Å²) in [5, 5.41) is 36.9. The van der Waals surface area contributed by atoms with Crippen LogP contribution in [0.25, 0.3) is 0 Å². The Morgan fingerprint density at radius 3 is 2.42 bits per heavy atom. The maximum atomic E-state index is 10.8. The summed E-state index contributed by atoms with van der Waals surface area (Å²) in [5.74, 6) is -1.41. The summed E-state index contributed by atoms with van der Waals surface area (Å²) in [5.41, 5.74) is 0. The second-order valence-corrected chi connectivity index (χ2v) is 5.23. The minimum Gasteiger partial charge on any atom is -0.479 e. The monoisotopic (exact) mass is 302 g/mol. The fourth-order valence-electron chi connectivity index (χ4n) is 1.74. The van der Waals surface area contributed by atoms with E-state index in [1.165, 1.54) is 0 Å². The molecule has 1 rings (SSSR count). The Balaban J connectivity index is 2.86. The summed E-state index contributed by atoms with van der Waals surface area (Å²) in [7, 11) is -4.97. The van der Waals surface area contributed by atoms with Crippen molar-refractivity contribution < 1.29 is 48.8 Å². The number of hydrogen-bond donors (Lipinski definition) is 6. The molecule has 0 aromatic rings. The summed E-state index contributed by atoms with van der Waals surface area (Å²) in [6.45, 7) is -0.939. The van der Waals surface area contributed by atoms with Crippen LogP contribution >= 0.6 is 7.82 Å². The van der Waals surface area contributed by atoms with Crippen molar-refractivity contribution in [3.63, 3.8) is 0 Å². The zero-order valence-electron chi connectivity index (χ0n) is 9.56. The van der Waals surface area contributed by atoms with Crippen LogP contribution in [0.2, 0.25) is 0 Å². The highest BCUT2D eigenvalue weighted by molar-refractivity contribution is 7.46. The topological polar surface area (TPSA) is 174 Å². The highest BCUT2D eigenvalue weighted by Gasteiger charge is 2.45. The number of ether oxygens (including phenoxy) is 1. The molecule has 0 bridgehead atoms. The van der Waals surface area contributed by atoms with Crippen molar-refractivity contribution in [3.05, 3.63) is 0 Å². The second kappa shape index (κ2) is 6.25. The number of hydrogen-bond acceptors (Lipinski definition) is 7. The molecule has 5 atom stereocenters. The maximum Gasteiger partial charge on any atom is 0.470 e. The van der Waals surface area contributed by atoms with Gasteiger partial charge in [0.15, 0.2) is 6.10 Å². The van der Waals surface area contributed by atoms with Crippen LogP contribution in [0.4, 0.5) is 0 Å². The van der Waals surface area contributed by atoms with Crippen LogP contribution in [-0.4, -0.2) is 73.3 Å². The van der Waals surface area contributed by atoms with Crippen LogP contribution in [0.3, 0.4) is 0 Å². The molecule has 0 aromatic carbocycles. The largest absolute Gasteiger partial charge is 0.479 e. The van der Waals surface area contributed by atoms with E-state index in [9.17, 15) is 19.6 Å². The number of aliphatic hydroxyl groups is 3. The number of phosphoric ester groups is 1. The highest BCUT2D eigenvalue weighted by atomic mass is 31.2. The van der Waals surface area contributed by atoms with Gasteiger partial charge in [-0.05, 0) is 0 Å². The molecular weight excluding hydrogens is 287 g/mol. The van der Waals surface area contributed by atoms with Gasteiger partial charge in [-0.1, -0.05) is 0 Å². The van der Waals surface area contributed by atoms with E-state index >= 15 is 0 Å². The van der Waals surface area contributed by atoms with Crippen molar-refractivity contribution in [2.75, 3.05) is 6.61 Å². The predicted molar refractivity (Wildman–Crippen MR) is 56.9 cm³/mol. The summed E-state index contributed by atoms with van der Waals surface area (Å²) < 4.78 is 19.8. The Labute approximate surface area is 107 Å². The zero-order chi connectivity index (χ0) is 14.8. The minimum atomic E-state index is -4.97. The Hall–Kier alpha value is -0.580. The number of carboxylic acids is 1. The lowest BCUT2D eigenvalue weighted by atomic mass is 9.95. The molecule has 0 amide bonds. The molecule has 0 spiro atoms. The molecule has 1 fully saturated rings. The first-order chi connectivity index (χ1) is 8.65. The Bertz CT molecular complexity index is 367. The van der Waals surface area contributed by atoms with E-state index in [2.05, 4.69) is 4.52 Å². The van der Waals surface area contributed by atoms with Crippen LogP contribution < -0.4 is 0 Å². The van der Waals surface area contributed by atoms with E-state index in [4.69, 9.17) is 24.7 Å². The first kappa shape index (κ1) is 16.5. The van der Waals surface area contributed by atoms with Crippen LogP contribution in [0.5, 0.6) is 0 Å². The highest BCUT2D eigenvalue weighted by Crippen LogP contribution is 2.39. The predicted octanol–water partition coefficient (Wildman–Crippen LogP) is -2.58. The molecule has 1 aliphatic heterocycles. The van der Waals surface area contributed by atoms with Gasteiger partial charge in [-0.15, -0.1) is 0 Å². The van der Waals surface area contributed by atoms with Crippen LogP contribution in [0.1, 0.15) is 6.42 Å². The van der Waals surface area contributed by atoms with E-state index in [1.54, 1.807) is 0 Å². The lowest BCUT2D eigenvalue weighted by molar-refractivity contribution is -0.210. The normalized spacial score (nSPS) is 33.9.